The van der Waals surface area contributed by atoms with Gasteiger partial charge >= 0.3 is 0 Å². The van der Waals surface area contributed by atoms with Crippen molar-refractivity contribution < 1.29 is 9.59 Å². The minimum Gasteiger partial charge on any atom is -0.366 e. The third-order valence-electron chi connectivity index (χ3n) is 4.13. The van der Waals surface area contributed by atoms with Crippen LogP contribution in [0.15, 0.2) is 48.5 Å². The number of nitrogens with two attached hydrogens (primary N) is 1. The van der Waals surface area contributed by atoms with E-state index in [1.54, 1.807) is 24.3 Å². The fourth-order valence-corrected chi connectivity index (χ4v) is 2.72. The number of carbonyl (C=O) groups is 2. The summed E-state index contributed by atoms with van der Waals surface area (Å²) in [4.78, 5) is 23.5. The molecular weight excluding hydrogens is 302 g/mol. The van der Waals surface area contributed by atoms with E-state index >= 15 is 0 Å². The van der Waals surface area contributed by atoms with Crippen LogP contribution in [0.4, 0.5) is 0 Å². The Balaban J connectivity index is 1.75. The predicted octanol–water partition coefficient (Wildman–Crippen LogP) is 2.52. The van der Waals surface area contributed by atoms with Crippen LogP contribution < -0.4 is 11.1 Å². The summed E-state index contributed by atoms with van der Waals surface area (Å²) >= 11 is 0. The maximum atomic E-state index is 12.5. The Morgan fingerprint density at radius 3 is 2.46 bits per heavy atom. The third-order valence-corrected chi connectivity index (χ3v) is 4.13. The molecule has 5 nitrogen and oxygen atoms in total. The van der Waals surface area contributed by atoms with Gasteiger partial charge in [-0.2, -0.15) is 0 Å². The van der Waals surface area contributed by atoms with E-state index in [1.165, 1.54) is 0 Å². The first-order valence-electron chi connectivity index (χ1n) is 7.69. The molecule has 0 fully saturated rings. The van der Waals surface area contributed by atoms with Crippen molar-refractivity contribution in [3.05, 3.63) is 70.9 Å². The first-order chi connectivity index (χ1) is 11.5. The number of aromatic nitrogens is 1. The van der Waals surface area contributed by atoms with Crippen molar-refractivity contribution in [2.45, 2.75) is 13.5 Å². The summed E-state index contributed by atoms with van der Waals surface area (Å²) in [5.74, 6) is -0.596. The van der Waals surface area contributed by atoms with Gasteiger partial charge in [-0.25, -0.2) is 0 Å². The predicted molar refractivity (Wildman–Crippen MR) is 93.8 cm³/mol. The van der Waals surface area contributed by atoms with E-state index in [0.29, 0.717) is 17.8 Å². The number of aryl methyl sites for hydroxylation is 2. The first kappa shape index (κ1) is 15.8. The molecule has 3 rings (SSSR count). The Morgan fingerprint density at radius 1 is 1.08 bits per heavy atom. The van der Waals surface area contributed by atoms with Crippen molar-refractivity contribution in [2.75, 3.05) is 0 Å². The van der Waals surface area contributed by atoms with Crippen molar-refractivity contribution in [1.82, 2.24) is 9.88 Å². The monoisotopic (exact) mass is 321 g/mol. The molecule has 0 aliphatic heterocycles. The number of amides is 2. The minimum atomic E-state index is -0.462. The minimum absolute atomic E-state index is 0.134. The average molecular weight is 321 g/mol. The average Bonchev–Trinajstić information content (AvgIpc) is 2.89. The molecule has 0 aliphatic rings. The molecule has 2 aromatic carbocycles. The number of hydrogen-bond donors (Lipinski definition) is 2. The van der Waals surface area contributed by atoms with Crippen LogP contribution in [0.25, 0.3) is 10.9 Å². The number of nitrogens with zero attached hydrogens (tertiary/aromatic N) is 1. The fourth-order valence-electron chi connectivity index (χ4n) is 2.72. The maximum absolute atomic E-state index is 12.5. The number of fused-ring (bicyclic) bond motifs is 1. The summed E-state index contributed by atoms with van der Waals surface area (Å²) in [5, 5.41) is 3.95. The van der Waals surface area contributed by atoms with Crippen molar-refractivity contribution >= 4 is 22.7 Å². The molecule has 1 aromatic heterocycles. The van der Waals surface area contributed by atoms with Gasteiger partial charge in [0.2, 0.25) is 5.91 Å². The zero-order chi connectivity index (χ0) is 17.3. The third kappa shape index (κ3) is 3.01. The molecule has 0 bridgehead atoms. The summed E-state index contributed by atoms with van der Waals surface area (Å²) in [6.07, 6.45) is 0. The molecule has 0 saturated heterocycles. The van der Waals surface area contributed by atoms with E-state index in [0.717, 1.165) is 22.0 Å². The Morgan fingerprint density at radius 2 is 1.79 bits per heavy atom. The summed E-state index contributed by atoms with van der Waals surface area (Å²) in [7, 11) is 1.89. The van der Waals surface area contributed by atoms with Gasteiger partial charge in [0.25, 0.3) is 5.91 Å². The summed E-state index contributed by atoms with van der Waals surface area (Å²) < 4.78 is 1.90. The Hall–Kier alpha value is -3.08. The second kappa shape index (κ2) is 6.20. The molecule has 0 radical (unpaired) electrons. The van der Waals surface area contributed by atoms with E-state index in [2.05, 4.69) is 11.4 Å². The molecule has 0 spiro atoms. The Labute approximate surface area is 140 Å². The topological polar surface area (TPSA) is 77.1 Å². The van der Waals surface area contributed by atoms with E-state index in [4.69, 9.17) is 5.73 Å². The van der Waals surface area contributed by atoms with Gasteiger partial charge < -0.3 is 15.6 Å². The molecule has 0 saturated carbocycles. The molecule has 0 atom stereocenters. The van der Waals surface area contributed by atoms with Gasteiger partial charge in [0.05, 0.1) is 0 Å². The van der Waals surface area contributed by atoms with Crippen LogP contribution in [-0.4, -0.2) is 16.4 Å². The molecule has 0 aliphatic carbocycles. The smallest absolute Gasteiger partial charge is 0.268 e. The van der Waals surface area contributed by atoms with E-state index < -0.39 is 5.91 Å². The number of carbonyl (C=O) groups excluding carboxylic acids is 2. The fraction of sp³-hybridized carbons (Fsp3) is 0.158. The number of nitrogens with one attached hydrogen (secondary N) is 1. The number of rotatable bonds is 4. The molecule has 3 N–H and O–H groups in total. The quantitative estimate of drug-likeness (QED) is 0.774. The normalized spacial score (nSPS) is 10.8. The Kier molecular flexibility index (Phi) is 4.08. The number of hydrogen-bond acceptors (Lipinski definition) is 2. The van der Waals surface area contributed by atoms with Crippen LogP contribution in [0, 0.1) is 6.92 Å². The molecule has 122 valence electrons. The largest absolute Gasteiger partial charge is 0.366 e. The van der Waals surface area contributed by atoms with Gasteiger partial charge in [-0.15, -0.1) is 0 Å². The molecule has 24 heavy (non-hydrogen) atoms. The summed E-state index contributed by atoms with van der Waals surface area (Å²) in [6, 6.07) is 14.9. The van der Waals surface area contributed by atoms with Gasteiger partial charge in [0, 0.05) is 30.1 Å². The highest BCUT2D eigenvalue weighted by Crippen LogP contribution is 2.20. The number of benzene rings is 2. The lowest BCUT2D eigenvalue weighted by Gasteiger charge is -2.07. The first-order valence-corrected chi connectivity index (χ1v) is 7.69. The highest BCUT2D eigenvalue weighted by Gasteiger charge is 2.13. The van der Waals surface area contributed by atoms with Crippen LogP contribution in [0.2, 0.25) is 0 Å². The van der Waals surface area contributed by atoms with E-state index in [1.807, 2.05) is 36.7 Å². The second-order valence-electron chi connectivity index (χ2n) is 5.89. The molecule has 1 heterocycles. The zero-order valence-corrected chi connectivity index (χ0v) is 13.7. The highest BCUT2D eigenvalue weighted by molar-refractivity contribution is 5.98. The van der Waals surface area contributed by atoms with Crippen LogP contribution in [-0.2, 0) is 13.6 Å². The highest BCUT2D eigenvalue weighted by atomic mass is 16.2. The molecule has 3 aromatic rings. The SMILES string of the molecule is Cc1ccc2cc(C(=O)NCc3ccc(C(N)=O)cc3)n(C)c2c1. The second-order valence-corrected chi connectivity index (χ2v) is 5.89. The van der Waals surface area contributed by atoms with Crippen LogP contribution in [0.5, 0.6) is 0 Å². The van der Waals surface area contributed by atoms with Crippen LogP contribution in [0.3, 0.4) is 0 Å². The molecule has 2 amide bonds. The van der Waals surface area contributed by atoms with Crippen molar-refractivity contribution in [1.29, 1.82) is 0 Å². The Bertz CT molecular complexity index is 924. The van der Waals surface area contributed by atoms with Gasteiger partial charge in [-0.1, -0.05) is 24.3 Å². The summed E-state index contributed by atoms with van der Waals surface area (Å²) in [6.45, 7) is 2.42. The lowest BCUT2D eigenvalue weighted by molar-refractivity contribution is 0.0941. The van der Waals surface area contributed by atoms with Crippen LogP contribution >= 0.6 is 0 Å². The maximum Gasteiger partial charge on any atom is 0.268 e. The van der Waals surface area contributed by atoms with Crippen molar-refractivity contribution in [3.8, 4) is 0 Å². The van der Waals surface area contributed by atoms with Gasteiger partial charge in [-0.3, -0.25) is 9.59 Å². The van der Waals surface area contributed by atoms with Gasteiger partial charge in [0.1, 0.15) is 5.69 Å². The lowest BCUT2D eigenvalue weighted by Crippen LogP contribution is -2.24. The van der Waals surface area contributed by atoms with Crippen LogP contribution in [0.1, 0.15) is 32.0 Å². The summed E-state index contributed by atoms with van der Waals surface area (Å²) in [5.41, 5.74) is 9.38. The van der Waals surface area contributed by atoms with Crippen molar-refractivity contribution in [3.63, 3.8) is 0 Å². The van der Waals surface area contributed by atoms with E-state index in [9.17, 15) is 9.59 Å². The van der Waals surface area contributed by atoms with E-state index in [-0.39, 0.29) is 5.91 Å². The molecular formula is C19H19N3O2. The molecule has 5 heteroatoms. The number of primary amides is 1. The van der Waals surface area contributed by atoms with Gasteiger partial charge in [-0.05, 0) is 42.3 Å². The zero-order valence-electron chi connectivity index (χ0n) is 13.7. The van der Waals surface area contributed by atoms with Crippen molar-refractivity contribution in [2.24, 2.45) is 12.8 Å². The lowest BCUT2D eigenvalue weighted by atomic mass is 10.1. The molecule has 0 unspecified atom stereocenters. The van der Waals surface area contributed by atoms with Gasteiger partial charge in [0.15, 0.2) is 0 Å². The standard InChI is InChI=1S/C19H19N3O2/c1-12-3-6-15-10-17(22(2)16(15)9-12)19(24)21-11-13-4-7-14(8-5-13)18(20)23/h3-10H,11H2,1-2H3,(H2,20,23)(H,21,24).